The van der Waals surface area contributed by atoms with Gasteiger partial charge in [0.05, 0.1) is 6.04 Å². The van der Waals surface area contributed by atoms with E-state index in [1.54, 1.807) is 6.20 Å². The predicted octanol–water partition coefficient (Wildman–Crippen LogP) is 3.37. The van der Waals surface area contributed by atoms with Crippen LogP contribution < -0.4 is 10.6 Å². The molecule has 1 aliphatic rings. The Morgan fingerprint density at radius 2 is 1.91 bits per heavy atom. The van der Waals surface area contributed by atoms with Crippen LogP contribution in [0.15, 0.2) is 54.9 Å². The van der Waals surface area contributed by atoms with Crippen LogP contribution in [0.3, 0.4) is 0 Å². The predicted molar refractivity (Wildman–Crippen MR) is 89.1 cm³/mol. The van der Waals surface area contributed by atoms with Gasteiger partial charge >= 0.3 is 6.03 Å². The molecule has 120 valence electrons. The Bertz CT molecular complexity index is 613. The summed E-state index contributed by atoms with van der Waals surface area (Å²) in [6.07, 6.45) is 5.44. The number of aromatic nitrogens is 1. The number of amides is 2. The molecule has 0 aliphatic carbocycles. The molecule has 1 unspecified atom stereocenters. The molecular formula is C18H21N3O2. The number of rotatable bonds is 4. The van der Waals surface area contributed by atoms with Gasteiger partial charge in [0.1, 0.15) is 0 Å². The minimum absolute atomic E-state index is 0.0590. The van der Waals surface area contributed by atoms with Crippen LogP contribution in [-0.2, 0) is 4.74 Å². The van der Waals surface area contributed by atoms with Gasteiger partial charge in [-0.25, -0.2) is 4.79 Å². The lowest BCUT2D eigenvalue weighted by Gasteiger charge is -2.31. The van der Waals surface area contributed by atoms with Gasteiger partial charge in [-0.1, -0.05) is 24.3 Å². The maximum atomic E-state index is 12.4. The smallest absolute Gasteiger partial charge is 0.319 e. The van der Waals surface area contributed by atoms with Gasteiger partial charge in [0.25, 0.3) is 0 Å². The van der Waals surface area contributed by atoms with Crippen molar-refractivity contribution in [3.8, 4) is 0 Å². The van der Waals surface area contributed by atoms with Crippen molar-refractivity contribution in [2.24, 2.45) is 5.92 Å². The summed E-state index contributed by atoms with van der Waals surface area (Å²) in [6, 6.07) is 13.1. The summed E-state index contributed by atoms with van der Waals surface area (Å²) in [5, 5.41) is 5.99. The molecule has 1 aromatic heterocycles. The van der Waals surface area contributed by atoms with Gasteiger partial charge in [0.2, 0.25) is 0 Å². The number of anilines is 1. The number of nitrogens with zero attached hydrogens (tertiary/aromatic N) is 1. The molecular weight excluding hydrogens is 290 g/mol. The second kappa shape index (κ2) is 7.74. The number of benzene rings is 1. The van der Waals surface area contributed by atoms with E-state index in [4.69, 9.17) is 4.74 Å². The van der Waals surface area contributed by atoms with Gasteiger partial charge in [0.15, 0.2) is 0 Å². The highest BCUT2D eigenvalue weighted by Crippen LogP contribution is 2.29. The summed E-state index contributed by atoms with van der Waals surface area (Å²) < 4.78 is 5.44. The third-order valence-electron chi connectivity index (χ3n) is 4.10. The van der Waals surface area contributed by atoms with Gasteiger partial charge in [0, 0.05) is 31.3 Å². The van der Waals surface area contributed by atoms with Crippen LogP contribution in [0, 0.1) is 5.92 Å². The number of para-hydroxylation sites is 1. The number of pyridine rings is 1. The van der Waals surface area contributed by atoms with Crippen molar-refractivity contribution >= 4 is 11.7 Å². The first kappa shape index (κ1) is 15.5. The first-order chi connectivity index (χ1) is 11.3. The summed E-state index contributed by atoms with van der Waals surface area (Å²) in [5.74, 6) is 0.356. The SMILES string of the molecule is O=C(Nc1ccccc1)NC(c1cccnc1)C1CCOCC1. The van der Waals surface area contributed by atoms with E-state index in [1.807, 2.05) is 48.7 Å². The number of nitrogens with one attached hydrogen (secondary N) is 2. The maximum absolute atomic E-state index is 12.4. The van der Waals surface area contributed by atoms with Crippen LogP contribution in [0.1, 0.15) is 24.4 Å². The van der Waals surface area contributed by atoms with Crippen molar-refractivity contribution in [2.75, 3.05) is 18.5 Å². The molecule has 5 nitrogen and oxygen atoms in total. The molecule has 0 radical (unpaired) electrons. The molecule has 1 aliphatic heterocycles. The molecule has 1 saturated heterocycles. The van der Waals surface area contributed by atoms with Crippen molar-refractivity contribution in [3.63, 3.8) is 0 Å². The highest BCUT2D eigenvalue weighted by atomic mass is 16.5. The van der Waals surface area contributed by atoms with E-state index in [9.17, 15) is 4.79 Å². The highest BCUT2D eigenvalue weighted by Gasteiger charge is 2.27. The van der Waals surface area contributed by atoms with E-state index in [1.165, 1.54) is 0 Å². The Morgan fingerprint density at radius 1 is 1.13 bits per heavy atom. The minimum Gasteiger partial charge on any atom is -0.381 e. The minimum atomic E-state index is -0.198. The molecule has 1 aromatic carbocycles. The Labute approximate surface area is 136 Å². The highest BCUT2D eigenvalue weighted by molar-refractivity contribution is 5.89. The fraction of sp³-hybridized carbons (Fsp3) is 0.333. The maximum Gasteiger partial charge on any atom is 0.319 e. The van der Waals surface area contributed by atoms with Crippen LogP contribution >= 0.6 is 0 Å². The quantitative estimate of drug-likeness (QED) is 0.910. The lowest BCUT2D eigenvalue weighted by atomic mass is 9.88. The molecule has 0 spiro atoms. The summed E-state index contributed by atoms with van der Waals surface area (Å²) in [5.41, 5.74) is 1.81. The largest absolute Gasteiger partial charge is 0.381 e. The number of hydrogen-bond donors (Lipinski definition) is 2. The third-order valence-corrected chi connectivity index (χ3v) is 4.10. The van der Waals surface area contributed by atoms with Gasteiger partial charge in [-0.3, -0.25) is 4.98 Å². The lowest BCUT2D eigenvalue weighted by Crippen LogP contribution is -2.38. The van der Waals surface area contributed by atoms with E-state index < -0.39 is 0 Å². The van der Waals surface area contributed by atoms with Crippen molar-refractivity contribution in [2.45, 2.75) is 18.9 Å². The van der Waals surface area contributed by atoms with E-state index >= 15 is 0 Å². The zero-order valence-corrected chi connectivity index (χ0v) is 12.9. The zero-order chi connectivity index (χ0) is 15.9. The third kappa shape index (κ3) is 4.29. The van der Waals surface area contributed by atoms with Crippen molar-refractivity contribution in [1.29, 1.82) is 0 Å². The summed E-state index contributed by atoms with van der Waals surface area (Å²) in [4.78, 5) is 16.6. The molecule has 5 heteroatoms. The standard InChI is InChI=1S/C18H21N3O2/c22-18(20-16-6-2-1-3-7-16)21-17(14-8-11-23-12-9-14)15-5-4-10-19-13-15/h1-7,10,13-14,17H,8-9,11-12H2,(H2,20,21,22). The molecule has 0 bridgehead atoms. The normalized spacial score (nSPS) is 16.5. The van der Waals surface area contributed by atoms with E-state index in [-0.39, 0.29) is 12.1 Å². The molecule has 2 amide bonds. The number of carbonyl (C=O) groups is 1. The molecule has 23 heavy (non-hydrogen) atoms. The average Bonchev–Trinajstić information content (AvgIpc) is 2.62. The Hall–Kier alpha value is -2.40. The van der Waals surface area contributed by atoms with E-state index in [0.29, 0.717) is 5.92 Å². The average molecular weight is 311 g/mol. The second-order valence-electron chi connectivity index (χ2n) is 5.68. The molecule has 1 fully saturated rings. The monoisotopic (exact) mass is 311 g/mol. The van der Waals surface area contributed by atoms with Gasteiger partial charge in [-0.15, -0.1) is 0 Å². The summed E-state index contributed by atoms with van der Waals surface area (Å²) in [6.45, 7) is 1.48. The Kier molecular flexibility index (Phi) is 5.21. The van der Waals surface area contributed by atoms with Crippen molar-refractivity contribution in [3.05, 3.63) is 60.4 Å². The van der Waals surface area contributed by atoms with Gasteiger partial charge in [-0.2, -0.15) is 0 Å². The fourth-order valence-corrected chi connectivity index (χ4v) is 2.91. The number of carbonyl (C=O) groups excluding carboxylic acids is 1. The van der Waals surface area contributed by atoms with E-state index in [2.05, 4.69) is 15.6 Å². The summed E-state index contributed by atoms with van der Waals surface area (Å²) >= 11 is 0. The second-order valence-corrected chi connectivity index (χ2v) is 5.68. The topological polar surface area (TPSA) is 63.2 Å². The molecule has 0 saturated carbocycles. The molecule has 2 aromatic rings. The Morgan fingerprint density at radius 3 is 2.61 bits per heavy atom. The lowest BCUT2D eigenvalue weighted by molar-refractivity contribution is 0.0550. The molecule has 1 atom stereocenters. The van der Waals surface area contributed by atoms with Crippen molar-refractivity contribution in [1.82, 2.24) is 10.3 Å². The van der Waals surface area contributed by atoms with Crippen LogP contribution in [-0.4, -0.2) is 24.2 Å². The molecule has 2 N–H and O–H groups in total. The molecule has 3 rings (SSSR count). The Balaban J connectivity index is 1.71. The van der Waals surface area contributed by atoms with Gasteiger partial charge in [-0.05, 0) is 42.5 Å². The van der Waals surface area contributed by atoms with Crippen LogP contribution in [0.2, 0.25) is 0 Å². The fourth-order valence-electron chi connectivity index (χ4n) is 2.91. The number of ether oxygens (including phenoxy) is 1. The van der Waals surface area contributed by atoms with Crippen molar-refractivity contribution < 1.29 is 9.53 Å². The summed E-state index contributed by atoms with van der Waals surface area (Å²) in [7, 11) is 0. The van der Waals surface area contributed by atoms with Crippen LogP contribution in [0.4, 0.5) is 10.5 Å². The van der Waals surface area contributed by atoms with Crippen LogP contribution in [0.25, 0.3) is 0 Å². The van der Waals surface area contributed by atoms with Gasteiger partial charge < -0.3 is 15.4 Å². The number of hydrogen-bond acceptors (Lipinski definition) is 3. The number of urea groups is 1. The van der Waals surface area contributed by atoms with Crippen LogP contribution in [0.5, 0.6) is 0 Å². The zero-order valence-electron chi connectivity index (χ0n) is 12.9. The first-order valence-corrected chi connectivity index (χ1v) is 7.93. The molecule has 2 heterocycles. The van der Waals surface area contributed by atoms with E-state index in [0.717, 1.165) is 37.3 Å². The first-order valence-electron chi connectivity index (χ1n) is 7.93.